The average Bonchev–Trinajstić information content (AvgIpc) is 2.60. The quantitative estimate of drug-likeness (QED) is 0.768. The van der Waals surface area contributed by atoms with Gasteiger partial charge < -0.3 is 15.4 Å². The second kappa shape index (κ2) is 4.53. The Morgan fingerprint density at radius 2 is 2.18 bits per heavy atom. The van der Waals surface area contributed by atoms with Gasteiger partial charge in [0.25, 0.3) is 0 Å². The van der Waals surface area contributed by atoms with Crippen molar-refractivity contribution in [3.63, 3.8) is 0 Å². The number of amides is 1. The van der Waals surface area contributed by atoms with Crippen LogP contribution in [-0.4, -0.2) is 41.6 Å². The van der Waals surface area contributed by atoms with Crippen LogP contribution in [0.3, 0.4) is 0 Å². The van der Waals surface area contributed by atoms with E-state index in [1.54, 1.807) is 4.90 Å². The molecule has 2 fully saturated rings. The molecular formula is C12H20N2O2S. The van der Waals surface area contributed by atoms with Crippen molar-refractivity contribution in [2.75, 3.05) is 13.7 Å². The Morgan fingerprint density at radius 3 is 2.53 bits per heavy atom. The van der Waals surface area contributed by atoms with E-state index < -0.39 is 5.41 Å². The van der Waals surface area contributed by atoms with Gasteiger partial charge in [-0.15, -0.1) is 0 Å². The van der Waals surface area contributed by atoms with Crippen LogP contribution >= 0.6 is 12.2 Å². The van der Waals surface area contributed by atoms with Crippen LogP contribution in [-0.2, 0) is 9.53 Å². The van der Waals surface area contributed by atoms with Crippen LogP contribution < -0.4 is 5.73 Å². The topological polar surface area (TPSA) is 55.6 Å². The molecule has 2 N–H and O–H groups in total. The fraction of sp³-hybridized carbons (Fsp3) is 0.833. The largest absolute Gasteiger partial charge is 0.392 e. The molecule has 0 bridgehead atoms. The fourth-order valence-electron chi connectivity index (χ4n) is 2.81. The van der Waals surface area contributed by atoms with Gasteiger partial charge in [-0.3, -0.25) is 4.79 Å². The number of hydrogen-bond donors (Lipinski definition) is 1. The van der Waals surface area contributed by atoms with E-state index in [4.69, 9.17) is 22.7 Å². The van der Waals surface area contributed by atoms with Gasteiger partial charge in [0, 0.05) is 13.7 Å². The maximum atomic E-state index is 12.5. The smallest absolute Gasteiger partial charge is 0.235 e. The third-order valence-corrected chi connectivity index (χ3v) is 4.63. The molecule has 4 nitrogen and oxygen atoms in total. The van der Waals surface area contributed by atoms with E-state index in [2.05, 4.69) is 0 Å². The second-order valence-electron chi connectivity index (χ2n) is 5.15. The van der Waals surface area contributed by atoms with E-state index in [1.807, 2.05) is 14.0 Å². The summed E-state index contributed by atoms with van der Waals surface area (Å²) < 4.78 is 5.50. The first kappa shape index (κ1) is 12.8. The summed E-state index contributed by atoms with van der Waals surface area (Å²) in [6.07, 6.45) is 3.64. The minimum atomic E-state index is -0.563. The summed E-state index contributed by atoms with van der Waals surface area (Å²) in [6.45, 7) is 2.74. The SMILES string of the molecule is CC1OCCC1N(C)C(=O)C1(C(N)=S)CCC1. The lowest BCUT2D eigenvalue weighted by Crippen LogP contribution is -2.56. The molecule has 2 unspecified atom stereocenters. The van der Waals surface area contributed by atoms with E-state index in [0.717, 1.165) is 32.3 Å². The second-order valence-corrected chi connectivity index (χ2v) is 5.59. The minimum Gasteiger partial charge on any atom is -0.392 e. The molecule has 0 aromatic rings. The summed E-state index contributed by atoms with van der Waals surface area (Å²) >= 11 is 5.08. The molecule has 1 aliphatic heterocycles. The van der Waals surface area contributed by atoms with Crippen LogP contribution in [0.2, 0.25) is 0 Å². The highest BCUT2D eigenvalue weighted by Crippen LogP contribution is 2.43. The van der Waals surface area contributed by atoms with Gasteiger partial charge >= 0.3 is 0 Å². The summed E-state index contributed by atoms with van der Waals surface area (Å²) in [5, 5.41) is 0. The Labute approximate surface area is 107 Å². The number of carbonyl (C=O) groups is 1. The highest BCUT2D eigenvalue weighted by Gasteiger charge is 2.50. The van der Waals surface area contributed by atoms with E-state index >= 15 is 0 Å². The molecule has 96 valence electrons. The van der Waals surface area contributed by atoms with Crippen molar-refractivity contribution in [3.8, 4) is 0 Å². The zero-order valence-electron chi connectivity index (χ0n) is 10.4. The van der Waals surface area contributed by atoms with Gasteiger partial charge in [0.2, 0.25) is 5.91 Å². The summed E-state index contributed by atoms with van der Waals surface area (Å²) in [5.74, 6) is 0.0820. The first-order valence-electron chi connectivity index (χ1n) is 6.18. The van der Waals surface area contributed by atoms with E-state index in [0.29, 0.717) is 4.99 Å². The Balaban J connectivity index is 2.11. The van der Waals surface area contributed by atoms with E-state index in [9.17, 15) is 4.79 Å². The average molecular weight is 256 g/mol. The molecule has 1 aliphatic carbocycles. The fourth-order valence-corrected chi connectivity index (χ4v) is 3.10. The molecule has 1 saturated carbocycles. The molecule has 2 atom stereocenters. The van der Waals surface area contributed by atoms with Crippen molar-refractivity contribution in [3.05, 3.63) is 0 Å². The van der Waals surface area contributed by atoms with Gasteiger partial charge in [-0.25, -0.2) is 0 Å². The van der Waals surface area contributed by atoms with Gasteiger partial charge in [-0.2, -0.15) is 0 Å². The summed E-state index contributed by atoms with van der Waals surface area (Å²) in [7, 11) is 1.84. The first-order valence-corrected chi connectivity index (χ1v) is 6.58. The molecule has 0 spiro atoms. The summed E-state index contributed by atoms with van der Waals surface area (Å²) in [6, 6.07) is 0.161. The van der Waals surface area contributed by atoms with Crippen molar-refractivity contribution >= 4 is 23.1 Å². The van der Waals surface area contributed by atoms with Crippen LogP contribution in [0.25, 0.3) is 0 Å². The number of carbonyl (C=O) groups excluding carboxylic acids is 1. The number of ether oxygens (including phenoxy) is 1. The lowest BCUT2D eigenvalue weighted by Gasteiger charge is -2.43. The lowest BCUT2D eigenvalue weighted by atomic mass is 9.67. The predicted octanol–water partition coefficient (Wildman–Crippen LogP) is 1.08. The van der Waals surface area contributed by atoms with Crippen molar-refractivity contribution in [2.45, 2.75) is 44.8 Å². The van der Waals surface area contributed by atoms with Crippen LogP contribution in [0.4, 0.5) is 0 Å². The Hall–Kier alpha value is -0.680. The monoisotopic (exact) mass is 256 g/mol. The van der Waals surface area contributed by atoms with Gasteiger partial charge in [-0.05, 0) is 26.2 Å². The summed E-state index contributed by atoms with van der Waals surface area (Å²) in [4.78, 5) is 14.7. The zero-order chi connectivity index (χ0) is 12.6. The summed E-state index contributed by atoms with van der Waals surface area (Å²) in [5.41, 5.74) is 5.19. The standard InChI is InChI=1S/C12H20N2O2S/c1-8-9(4-7-16-8)14(2)11(15)12(10(13)17)5-3-6-12/h8-9H,3-7H2,1-2H3,(H2,13,17). The molecule has 17 heavy (non-hydrogen) atoms. The van der Waals surface area contributed by atoms with Crippen LogP contribution in [0.15, 0.2) is 0 Å². The van der Waals surface area contributed by atoms with Gasteiger partial charge in [-0.1, -0.05) is 18.6 Å². The van der Waals surface area contributed by atoms with E-state index in [1.165, 1.54) is 0 Å². The Bertz CT molecular complexity index is 341. The van der Waals surface area contributed by atoms with E-state index in [-0.39, 0.29) is 18.1 Å². The van der Waals surface area contributed by atoms with Crippen molar-refractivity contribution in [1.29, 1.82) is 0 Å². The number of hydrogen-bond acceptors (Lipinski definition) is 3. The molecule has 0 aromatic heterocycles. The van der Waals surface area contributed by atoms with Crippen LogP contribution in [0.5, 0.6) is 0 Å². The third-order valence-electron chi connectivity index (χ3n) is 4.24. The zero-order valence-corrected chi connectivity index (χ0v) is 11.3. The van der Waals surface area contributed by atoms with Crippen LogP contribution in [0.1, 0.15) is 32.6 Å². The highest BCUT2D eigenvalue weighted by molar-refractivity contribution is 7.80. The van der Waals surface area contributed by atoms with Gasteiger partial charge in [0.05, 0.1) is 22.5 Å². The Morgan fingerprint density at radius 1 is 1.53 bits per heavy atom. The molecule has 1 saturated heterocycles. The van der Waals surface area contributed by atoms with Crippen LogP contribution in [0, 0.1) is 5.41 Å². The van der Waals surface area contributed by atoms with Crippen molar-refractivity contribution < 1.29 is 9.53 Å². The first-order chi connectivity index (χ1) is 7.99. The van der Waals surface area contributed by atoms with Crippen molar-refractivity contribution in [2.24, 2.45) is 11.1 Å². The number of thiocarbonyl (C=S) groups is 1. The molecule has 2 aliphatic rings. The predicted molar refractivity (Wildman–Crippen MR) is 69.7 cm³/mol. The molecule has 1 amide bonds. The lowest BCUT2D eigenvalue weighted by molar-refractivity contribution is -0.143. The number of likely N-dealkylation sites (N-methyl/N-ethyl adjacent to an activating group) is 1. The third kappa shape index (κ3) is 1.95. The van der Waals surface area contributed by atoms with Gasteiger partial charge in [0.1, 0.15) is 0 Å². The maximum Gasteiger partial charge on any atom is 0.235 e. The molecule has 0 radical (unpaired) electrons. The highest BCUT2D eigenvalue weighted by atomic mass is 32.1. The molecular weight excluding hydrogens is 236 g/mol. The minimum absolute atomic E-state index is 0.0820. The number of nitrogens with two attached hydrogens (primary N) is 1. The molecule has 0 aromatic carbocycles. The molecule has 5 heteroatoms. The molecule has 1 heterocycles. The number of rotatable bonds is 3. The molecule has 2 rings (SSSR count). The van der Waals surface area contributed by atoms with Gasteiger partial charge in [0.15, 0.2) is 0 Å². The van der Waals surface area contributed by atoms with Crippen molar-refractivity contribution in [1.82, 2.24) is 4.90 Å². The normalized spacial score (nSPS) is 30.7. The number of nitrogens with zero attached hydrogens (tertiary/aromatic N) is 1. The maximum absolute atomic E-state index is 12.5. The Kier molecular flexibility index (Phi) is 3.41.